The molecule has 2 rings (SSSR count). The molecule has 1 aromatic rings. The topological polar surface area (TPSA) is 9.23 Å². The van der Waals surface area contributed by atoms with E-state index in [9.17, 15) is 13.2 Å². The summed E-state index contributed by atoms with van der Waals surface area (Å²) in [6.07, 6.45) is -3.67. The quantitative estimate of drug-likeness (QED) is 0.676. The number of fused-ring (bicyclic) bond motifs is 1. The maximum atomic E-state index is 12.6. The summed E-state index contributed by atoms with van der Waals surface area (Å²) in [6, 6.07) is 3.24. The summed E-state index contributed by atoms with van der Waals surface area (Å²) in [5, 5.41) is 0. The number of hydrogen-bond donors (Lipinski definition) is 0. The molecule has 0 radical (unpaired) electrons. The molecule has 88 valence electrons. The van der Waals surface area contributed by atoms with Crippen molar-refractivity contribution in [2.24, 2.45) is 0 Å². The van der Waals surface area contributed by atoms with E-state index >= 15 is 0 Å². The minimum atomic E-state index is -4.32. The third-order valence-electron chi connectivity index (χ3n) is 2.34. The highest BCUT2D eigenvalue weighted by atomic mass is 79.9. The lowest BCUT2D eigenvalue weighted by Gasteiger charge is -2.17. The maximum Gasteiger partial charge on any atom is 0.405 e. The van der Waals surface area contributed by atoms with E-state index in [0.717, 1.165) is 5.56 Å². The van der Waals surface area contributed by atoms with Gasteiger partial charge < -0.3 is 4.74 Å². The van der Waals surface area contributed by atoms with Crippen molar-refractivity contribution in [1.29, 1.82) is 0 Å². The fourth-order valence-corrected chi connectivity index (χ4v) is 2.53. The summed E-state index contributed by atoms with van der Waals surface area (Å²) >= 11 is 5.88. The second kappa shape index (κ2) is 4.22. The van der Waals surface area contributed by atoms with Gasteiger partial charge in [0.25, 0.3) is 0 Å². The van der Waals surface area contributed by atoms with E-state index in [1.165, 1.54) is 6.07 Å². The third-order valence-corrected chi connectivity index (χ3v) is 3.81. The monoisotopic (exact) mass is 358 g/mol. The average molecular weight is 360 g/mol. The van der Waals surface area contributed by atoms with Gasteiger partial charge in [0.15, 0.2) is 0 Å². The lowest BCUT2D eigenvalue weighted by Crippen LogP contribution is -2.16. The second-order valence-corrected chi connectivity index (χ2v) is 5.32. The van der Waals surface area contributed by atoms with Crippen LogP contribution in [0.3, 0.4) is 0 Å². The Morgan fingerprint density at radius 3 is 2.62 bits per heavy atom. The largest absolute Gasteiger partial charge is 0.493 e. The van der Waals surface area contributed by atoms with Crippen LogP contribution >= 0.6 is 31.9 Å². The first-order valence-electron chi connectivity index (χ1n) is 4.55. The van der Waals surface area contributed by atoms with Crippen molar-refractivity contribution in [3.05, 3.63) is 27.7 Å². The Balaban J connectivity index is 2.49. The molecule has 0 fully saturated rings. The van der Waals surface area contributed by atoms with E-state index in [1.807, 2.05) is 0 Å². The molecule has 6 heteroatoms. The molecule has 0 N–H and O–H groups in total. The lowest BCUT2D eigenvalue weighted by molar-refractivity contribution is -0.128. The summed E-state index contributed by atoms with van der Waals surface area (Å²) in [6.45, 7) is 0.441. The zero-order valence-electron chi connectivity index (χ0n) is 7.94. The lowest BCUT2D eigenvalue weighted by atomic mass is 10.1. The van der Waals surface area contributed by atoms with E-state index in [2.05, 4.69) is 31.9 Å². The van der Waals surface area contributed by atoms with Gasteiger partial charge in [-0.05, 0) is 17.7 Å². The van der Waals surface area contributed by atoms with Gasteiger partial charge in [-0.15, -0.1) is 0 Å². The molecule has 16 heavy (non-hydrogen) atoms. The zero-order valence-corrected chi connectivity index (χ0v) is 11.1. The summed E-state index contributed by atoms with van der Waals surface area (Å²) in [5.41, 5.74) is 0.951. The standard InChI is InChI=1S/C10H7Br2F3O/c11-6-3-5-1-2-16-8(5)7(4-6)9(12)10(13,14)15/h3-4,9H,1-2H2. The van der Waals surface area contributed by atoms with Crippen LogP contribution < -0.4 is 4.74 Å². The fourth-order valence-electron chi connectivity index (χ4n) is 1.66. The number of alkyl halides is 4. The second-order valence-electron chi connectivity index (χ2n) is 3.49. The molecule has 0 aliphatic carbocycles. The van der Waals surface area contributed by atoms with Crippen molar-refractivity contribution in [2.45, 2.75) is 17.4 Å². The van der Waals surface area contributed by atoms with Gasteiger partial charge in [0.05, 0.1) is 6.61 Å². The first-order chi connectivity index (χ1) is 7.39. The van der Waals surface area contributed by atoms with Crippen molar-refractivity contribution in [3.8, 4) is 5.75 Å². The van der Waals surface area contributed by atoms with Crippen molar-refractivity contribution < 1.29 is 17.9 Å². The molecule has 1 atom stereocenters. The molecule has 1 aliphatic rings. The smallest absolute Gasteiger partial charge is 0.405 e. The Hall–Kier alpha value is -0.230. The van der Waals surface area contributed by atoms with Crippen LogP contribution in [0.2, 0.25) is 0 Å². The van der Waals surface area contributed by atoms with Gasteiger partial charge in [-0.1, -0.05) is 31.9 Å². The SMILES string of the molecule is FC(F)(F)C(Br)c1cc(Br)cc2c1OCC2. The Morgan fingerprint density at radius 1 is 1.31 bits per heavy atom. The van der Waals surface area contributed by atoms with E-state index in [4.69, 9.17) is 4.74 Å². The highest BCUT2D eigenvalue weighted by Gasteiger charge is 2.41. The van der Waals surface area contributed by atoms with Crippen molar-refractivity contribution in [3.63, 3.8) is 0 Å². The van der Waals surface area contributed by atoms with E-state index in [-0.39, 0.29) is 5.56 Å². The van der Waals surface area contributed by atoms with E-state index < -0.39 is 11.0 Å². The third kappa shape index (κ3) is 2.22. The predicted octanol–water partition coefficient (Wildman–Crippen LogP) is 4.38. The molecule has 1 nitrogen and oxygen atoms in total. The molecule has 0 saturated carbocycles. The minimum Gasteiger partial charge on any atom is -0.493 e. The number of halogens is 5. The van der Waals surface area contributed by atoms with Crippen LogP contribution in [0.15, 0.2) is 16.6 Å². The first kappa shape index (κ1) is 12.2. The Labute approximate surface area is 107 Å². The molecule has 0 bridgehead atoms. The molecular weight excluding hydrogens is 353 g/mol. The summed E-state index contributed by atoms with van der Waals surface area (Å²) in [4.78, 5) is -1.69. The molecular formula is C10H7Br2F3O. The van der Waals surface area contributed by atoms with Crippen LogP contribution in [0.4, 0.5) is 13.2 Å². The summed E-state index contributed by atoms with van der Waals surface area (Å²) in [7, 11) is 0. The molecule has 0 aromatic heterocycles. The average Bonchev–Trinajstić information content (AvgIpc) is 2.61. The van der Waals surface area contributed by atoms with E-state index in [1.54, 1.807) is 6.07 Å². The summed E-state index contributed by atoms with van der Waals surface area (Å²) in [5.74, 6) is 0.363. The first-order valence-corrected chi connectivity index (χ1v) is 6.26. The number of benzene rings is 1. The highest BCUT2D eigenvalue weighted by Crippen LogP contribution is 2.46. The van der Waals surface area contributed by atoms with Crippen LogP contribution in [0.5, 0.6) is 5.75 Å². The van der Waals surface area contributed by atoms with Crippen molar-refractivity contribution in [1.82, 2.24) is 0 Å². The van der Waals surface area contributed by atoms with Crippen LogP contribution in [-0.4, -0.2) is 12.8 Å². The van der Waals surface area contributed by atoms with Crippen LogP contribution in [0.1, 0.15) is 16.0 Å². The molecule has 1 unspecified atom stereocenters. The van der Waals surface area contributed by atoms with Crippen molar-refractivity contribution >= 4 is 31.9 Å². The number of ether oxygens (including phenoxy) is 1. The fraction of sp³-hybridized carbons (Fsp3) is 0.400. The predicted molar refractivity (Wildman–Crippen MR) is 61.1 cm³/mol. The van der Waals surface area contributed by atoms with Gasteiger partial charge in [0.1, 0.15) is 10.6 Å². The van der Waals surface area contributed by atoms with E-state index in [0.29, 0.717) is 23.2 Å². The van der Waals surface area contributed by atoms with Gasteiger partial charge in [-0.2, -0.15) is 13.2 Å². The van der Waals surface area contributed by atoms with Gasteiger partial charge in [0.2, 0.25) is 0 Å². The number of hydrogen-bond acceptors (Lipinski definition) is 1. The molecule has 1 heterocycles. The Bertz CT molecular complexity index is 417. The van der Waals surface area contributed by atoms with Gasteiger partial charge >= 0.3 is 6.18 Å². The minimum absolute atomic E-state index is 0.134. The normalized spacial score (nSPS) is 16.8. The van der Waals surface area contributed by atoms with Crippen molar-refractivity contribution in [2.75, 3.05) is 6.61 Å². The molecule has 0 saturated heterocycles. The Morgan fingerprint density at radius 2 is 2.00 bits per heavy atom. The Kier molecular flexibility index (Phi) is 3.22. The van der Waals surface area contributed by atoms with Gasteiger partial charge in [0, 0.05) is 16.5 Å². The molecule has 0 amide bonds. The zero-order chi connectivity index (χ0) is 11.9. The molecule has 1 aromatic carbocycles. The highest BCUT2D eigenvalue weighted by molar-refractivity contribution is 9.10. The maximum absolute atomic E-state index is 12.6. The van der Waals surface area contributed by atoms with Crippen LogP contribution in [0, 0.1) is 0 Å². The van der Waals surface area contributed by atoms with Crippen LogP contribution in [-0.2, 0) is 6.42 Å². The molecule has 0 spiro atoms. The molecule has 1 aliphatic heterocycles. The van der Waals surface area contributed by atoms with Gasteiger partial charge in [-0.25, -0.2) is 0 Å². The van der Waals surface area contributed by atoms with Gasteiger partial charge in [-0.3, -0.25) is 0 Å². The van der Waals surface area contributed by atoms with Crippen LogP contribution in [0.25, 0.3) is 0 Å². The number of rotatable bonds is 1. The summed E-state index contributed by atoms with van der Waals surface area (Å²) < 4.78 is 43.7.